The standard InChI is InChI=1S/C18H16ClF3N2O2.C15H11ClF3NO2/c1-4-24-17(16-13(21)7-10(20)8-14(16)22)11(9-12(19)18(24)26)15(25)5-6-23(2)3;1-3-20-14(9(7(2)21)6-10(16)15(20)22)13-11(18)4-8(17)5-12(13)19/h5-9H,4H2,1-3H3;4-6H,3H2,1-2H3. The smallest absolute Gasteiger partial charge is 0.269 e. The minimum absolute atomic E-state index is 0.00264. The first-order chi connectivity index (χ1) is 22.4. The van der Waals surface area contributed by atoms with Crippen LogP contribution in [0.5, 0.6) is 0 Å². The van der Waals surface area contributed by atoms with E-state index in [0.29, 0.717) is 24.3 Å². The maximum atomic E-state index is 14.3. The van der Waals surface area contributed by atoms with Crippen molar-refractivity contribution >= 4 is 34.8 Å². The summed E-state index contributed by atoms with van der Waals surface area (Å²) in [6, 6.07) is 4.08. The van der Waals surface area contributed by atoms with E-state index in [0.717, 1.165) is 21.3 Å². The predicted molar refractivity (Wildman–Crippen MR) is 171 cm³/mol. The number of ketones is 2. The van der Waals surface area contributed by atoms with Crippen molar-refractivity contribution in [3.05, 3.63) is 125 Å². The number of aromatic nitrogens is 2. The van der Waals surface area contributed by atoms with Gasteiger partial charge in [0.25, 0.3) is 11.1 Å². The second kappa shape index (κ2) is 15.5. The lowest BCUT2D eigenvalue weighted by Gasteiger charge is -2.17. The fourth-order valence-electron chi connectivity index (χ4n) is 4.71. The normalized spacial score (nSPS) is 11.0. The van der Waals surface area contributed by atoms with Crippen LogP contribution in [-0.4, -0.2) is 39.7 Å². The zero-order valence-corrected chi connectivity index (χ0v) is 27.5. The molecular weight excluding hydrogens is 687 g/mol. The van der Waals surface area contributed by atoms with Crippen LogP contribution < -0.4 is 11.1 Å². The summed E-state index contributed by atoms with van der Waals surface area (Å²) < 4.78 is 85.1. The number of benzene rings is 2. The molecule has 0 aliphatic carbocycles. The van der Waals surface area contributed by atoms with Crippen molar-refractivity contribution in [2.24, 2.45) is 0 Å². The molecule has 2 heterocycles. The number of allylic oxidation sites excluding steroid dienone is 1. The Morgan fingerprint density at radius 2 is 1.04 bits per heavy atom. The van der Waals surface area contributed by atoms with Crippen LogP contribution in [0.15, 0.2) is 58.3 Å². The fraction of sp³-hybridized carbons (Fsp3) is 0.212. The number of rotatable bonds is 8. The van der Waals surface area contributed by atoms with Crippen molar-refractivity contribution in [1.29, 1.82) is 0 Å². The lowest BCUT2D eigenvalue weighted by Crippen LogP contribution is -2.25. The van der Waals surface area contributed by atoms with E-state index in [-0.39, 0.29) is 45.6 Å². The number of hydrogen-bond donors (Lipinski definition) is 0. The second-order valence-corrected chi connectivity index (χ2v) is 11.1. The molecule has 0 aliphatic heterocycles. The summed E-state index contributed by atoms with van der Waals surface area (Å²) in [7, 11) is 3.37. The number of Topliss-reactive ketones (excluding diaryl/α,β-unsaturated/α-hetero) is 1. The van der Waals surface area contributed by atoms with Crippen LogP contribution in [0.1, 0.15) is 41.5 Å². The summed E-state index contributed by atoms with van der Waals surface area (Å²) >= 11 is 11.7. The lowest BCUT2D eigenvalue weighted by molar-refractivity contribution is 0.101. The third kappa shape index (κ3) is 7.91. The van der Waals surface area contributed by atoms with E-state index in [1.165, 1.54) is 19.2 Å². The van der Waals surface area contributed by atoms with Gasteiger partial charge < -0.3 is 14.0 Å². The van der Waals surface area contributed by atoms with Crippen molar-refractivity contribution in [3.63, 3.8) is 0 Å². The Morgan fingerprint density at radius 1 is 0.688 bits per heavy atom. The van der Waals surface area contributed by atoms with Crippen LogP contribution >= 0.6 is 23.2 Å². The Morgan fingerprint density at radius 3 is 1.38 bits per heavy atom. The first-order valence-corrected chi connectivity index (χ1v) is 14.8. The van der Waals surface area contributed by atoms with Crippen molar-refractivity contribution in [2.75, 3.05) is 14.1 Å². The highest BCUT2D eigenvalue weighted by Crippen LogP contribution is 2.32. The number of nitrogens with zero attached hydrogens (tertiary/aromatic N) is 3. The molecule has 254 valence electrons. The fourth-order valence-corrected chi connectivity index (χ4v) is 5.13. The van der Waals surface area contributed by atoms with Crippen LogP contribution in [0.2, 0.25) is 10.0 Å². The number of carbonyl (C=O) groups is 2. The van der Waals surface area contributed by atoms with E-state index in [1.807, 2.05) is 0 Å². The molecule has 0 radical (unpaired) electrons. The van der Waals surface area contributed by atoms with Crippen molar-refractivity contribution in [1.82, 2.24) is 14.0 Å². The Hall–Kier alpha value is -4.62. The summed E-state index contributed by atoms with van der Waals surface area (Å²) in [5.41, 5.74) is -3.52. The van der Waals surface area contributed by atoms with Crippen LogP contribution in [0.25, 0.3) is 22.5 Å². The van der Waals surface area contributed by atoms with Crippen molar-refractivity contribution in [2.45, 2.75) is 33.9 Å². The topological polar surface area (TPSA) is 81.4 Å². The molecule has 0 saturated carbocycles. The molecule has 0 unspecified atom stereocenters. The molecule has 0 aliphatic rings. The lowest BCUT2D eigenvalue weighted by atomic mass is 10.0. The van der Waals surface area contributed by atoms with Crippen LogP contribution in [0, 0.1) is 34.9 Å². The van der Waals surface area contributed by atoms with E-state index in [1.54, 1.807) is 32.8 Å². The van der Waals surface area contributed by atoms with E-state index < -0.39 is 68.7 Å². The molecule has 0 amide bonds. The molecule has 7 nitrogen and oxygen atoms in total. The first kappa shape index (κ1) is 37.8. The third-order valence-electron chi connectivity index (χ3n) is 6.78. The minimum Gasteiger partial charge on any atom is -0.383 e. The molecule has 0 fully saturated rings. The van der Waals surface area contributed by atoms with Gasteiger partial charge in [-0.1, -0.05) is 23.2 Å². The highest BCUT2D eigenvalue weighted by atomic mass is 35.5. The van der Waals surface area contributed by atoms with E-state index in [2.05, 4.69) is 0 Å². The Kier molecular flexibility index (Phi) is 12.2. The summed E-state index contributed by atoms with van der Waals surface area (Å²) in [5.74, 6) is -8.20. The van der Waals surface area contributed by atoms with Gasteiger partial charge >= 0.3 is 0 Å². The summed E-state index contributed by atoms with van der Waals surface area (Å²) in [5, 5.41) is -0.501. The SMILES string of the molecule is CCn1c(-c2c(F)cc(F)cc2F)c(C(=O)C=CN(C)C)cc(Cl)c1=O.CCn1c(-c2c(F)cc(F)cc2F)c(C(C)=O)cc(Cl)c1=O. The number of hydrogen-bond acceptors (Lipinski definition) is 5. The molecule has 0 N–H and O–H groups in total. The van der Waals surface area contributed by atoms with E-state index >= 15 is 0 Å². The van der Waals surface area contributed by atoms with Crippen LogP contribution in [0.3, 0.4) is 0 Å². The van der Waals surface area contributed by atoms with E-state index in [9.17, 15) is 45.5 Å². The van der Waals surface area contributed by atoms with Gasteiger partial charge in [0.15, 0.2) is 11.6 Å². The van der Waals surface area contributed by atoms with Crippen molar-refractivity contribution in [3.8, 4) is 22.5 Å². The predicted octanol–water partition coefficient (Wildman–Crippen LogP) is 7.67. The molecule has 0 saturated heterocycles. The number of halogens is 8. The van der Waals surface area contributed by atoms with Gasteiger partial charge in [0, 0.05) is 74.9 Å². The highest BCUT2D eigenvalue weighted by Gasteiger charge is 2.26. The zero-order valence-electron chi connectivity index (χ0n) is 26.0. The van der Waals surface area contributed by atoms with Gasteiger partial charge in [-0.15, -0.1) is 0 Å². The largest absolute Gasteiger partial charge is 0.383 e. The summed E-state index contributed by atoms with van der Waals surface area (Å²) in [6.07, 6.45) is 2.62. The summed E-state index contributed by atoms with van der Waals surface area (Å²) in [4.78, 5) is 50.3. The number of pyridine rings is 2. The minimum atomic E-state index is -1.22. The molecule has 0 spiro atoms. The molecule has 15 heteroatoms. The highest BCUT2D eigenvalue weighted by molar-refractivity contribution is 6.31. The average Bonchev–Trinajstić information content (AvgIpc) is 2.98. The van der Waals surface area contributed by atoms with Crippen LogP contribution in [0.4, 0.5) is 26.3 Å². The Bertz CT molecular complexity index is 2030. The zero-order chi connectivity index (χ0) is 36.2. The molecule has 48 heavy (non-hydrogen) atoms. The van der Waals surface area contributed by atoms with Gasteiger partial charge in [-0.2, -0.15) is 0 Å². The molecule has 0 atom stereocenters. The molecule has 2 aromatic carbocycles. The maximum Gasteiger partial charge on any atom is 0.269 e. The van der Waals surface area contributed by atoms with Gasteiger partial charge in [0.1, 0.15) is 44.9 Å². The molecule has 0 bridgehead atoms. The van der Waals surface area contributed by atoms with Gasteiger partial charge in [-0.25, -0.2) is 26.3 Å². The average molecular weight is 714 g/mol. The van der Waals surface area contributed by atoms with Gasteiger partial charge in [-0.3, -0.25) is 19.2 Å². The van der Waals surface area contributed by atoms with E-state index in [4.69, 9.17) is 23.2 Å². The maximum absolute atomic E-state index is 14.3. The molecular formula is C33H27Cl2F6N3O4. The van der Waals surface area contributed by atoms with Gasteiger partial charge in [0.2, 0.25) is 0 Å². The monoisotopic (exact) mass is 713 g/mol. The molecule has 4 aromatic rings. The quantitative estimate of drug-likeness (QED) is 0.106. The van der Waals surface area contributed by atoms with Crippen molar-refractivity contribution < 1.29 is 35.9 Å². The number of carbonyl (C=O) groups excluding carboxylic acids is 2. The first-order valence-electron chi connectivity index (χ1n) is 14.0. The van der Waals surface area contributed by atoms with Gasteiger partial charge in [-0.05, 0) is 32.9 Å². The molecule has 2 aromatic heterocycles. The molecule has 4 rings (SSSR count). The van der Waals surface area contributed by atoms with Crippen LogP contribution in [-0.2, 0) is 13.1 Å². The second-order valence-electron chi connectivity index (χ2n) is 10.3. The third-order valence-corrected chi connectivity index (χ3v) is 7.32. The summed E-state index contributed by atoms with van der Waals surface area (Å²) in [6.45, 7) is 4.34. The Labute approximate surface area is 280 Å². The Balaban J connectivity index is 0.000000264. The van der Waals surface area contributed by atoms with Gasteiger partial charge in [0.05, 0.1) is 22.5 Å².